The highest BCUT2D eigenvalue weighted by Gasteiger charge is 2.25. The summed E-state index contributed by atoms with van der Waals surface area (Å²) in [5.74, 6) is 0.914. The minimum atomic E-state index is -0.101. The molecule has 4 nitrogen and oxygen atoms in total. The van der Waals surface area contributed by atoms with E-state index in [0.717, 1.165) is 11.3 Å². The van der Waals surface area contributed by atoms with Gasteiger partial charge in [0.25, 0.3) is 5.91 Å². The molecule has 0 N–H and O–H groups in total. The summed E-state index contributed by atoms with van der Waals surface area (Å²) in [6.45, 7) is 4.18. The first-order chi connectivity index (χ1) is 11.2. The van der Waals surface area contributed by atoms with Crippen LogP contribution >= 0.6 is 0 Å². The molecule has 2 aromatic carbocycles. The average Bonchev–Trinajstić information content (AvgIpc) is 2.61. The lowest BCUT2D eigenvalue weighted by molar-refractivity contribution is -0.0402. The Balaban J connectivity index is 1.58. The third kappa shape index (κ3) is 3.90. The first kappa shape index (κ1) is 15.6. The van der Waals surface area contributed by atoms with E-state index in [9.17, 15) is 4.79 Å². The van der Waals surface area contributed by atoms with Gasteiger partial charge in [-0.15, -0.1) is 0 Å². The molecule has 1 amide bonds. The summed E-state index contributed by atoms with van der Waals surface area (Å²) in [4.78, 5) is 14.3. The zero-order chi connectivity index (χ0) is 16.1. The molecule has 0 saturated carbocycles. The number of carbonyl (C=O) groups is 1. The van der Waals surface area contributed by atoms with Crippen LogP contribution in [0.4, 0.5) is 0 Å². The van der Waals surface area contributed by atoms with Crippen LogP contribution in [0, 0.1) is 6.92 Å². The zero-order valence-corrected chi connectivity index (χ0v) is 13.3. The lowest BCUT2D eigenvalue weighted by Gasteiger charge is -2.33. The van der Waals surface area contributed by atoms with Gasteiger partial charge in [0.2, 0.25) is 0 Å². The van der Waals surface area contributed by atoms with Crippen molar-refractivity contribution in [2.45, 2.75) is 13.0 Å². The highest BCUT2D eigenvalue weighted by atomic mass is 16.5. The highest BCUT2D eigenvalue weighted by Crippen LogP contribution is 2.18. The third-order valence-corrected chi connectivity index (χ3v) is 3.97. The number of hydrogen-bond donors (Lipinski definition) is 0. The number of ether oxygens (including phenoxy) is 2. The van der Waals surface area contributed by atoms with Crippen LogP contribution in [0.5, 0.6) is 5.75 Å². The van der Waals surface area contributed by atoms with Crippen LogP contribution in [0.15, 0.2) is 54.6 Å². The van der Waals surface area contributed by atoms with Crippen molar-refractivity contribution in [1.82, 2.24) is 4.90 Å². The molecule has 3 rings (SSSR count). The maximum Gasteiger partial charge on any atom is 0.254 e. The van der Waals surface area contributed by atoms with Gasteiger partial charge in [-0.3, -0.25) is 4.79 Å². The van der Waals surface area contributed by atoms with E-state index < -0.39 is 0 Å². The molecule has 1 saturated heterocycles. The Morgan fingerprint density at radius 1 is 1.17 bits per heavy atom. The lowest BCUT2D eigenvalue weighted by atomic mass is 10.1. The molecule has 1 heterocycles. The zero-order valence-electron chi connectivity index (χ0n) is 13.3. The van der Waals surface area contributed by atoms with Crippen LogP contribution in [-0.4, -0.2) is 43.2 Å². The van der Waals surface area contributed by atoms with E-state index in [1.165, 1.54) is 0 Å². The summed E-state index contributed by atoms with van der Waals surface area (Å²) in [5, 5.41) is 0. The molecular formula is C19H21NO3. The molecule has 1 fully saturated rings. The number of aryl methyl sites for hydroxylation is 1. The second kappa shape index (κ2) is 7.29. The predicted molar refractivity (Wildman–Crippen MR) is 88.8 cm³/mol. The van der Waals surface area contributed by atoms with Gasteiger partial charge in [-0.25, -0.2) is 0 Å². The molecule has 0 spiro atoms. The molecule has 0 radical (unpaired) electrons. The lowest BCUT2D eigenvalue weighted by Crippen LogP contribution is -2.47. The van der Waals surface area contributed by atoms with E-state index in [1.54, 1.807) is 0 Å². The van der Waals surface area contributed by atoms with Crippen molar-refractivity contribution in [3.8, 4) is 5.75 Å². The maximum absolute atomic E-state index is 12.5. The number of hydrogen-bond acceptors (Lipinski definition) is 3. The Bertz CT molecular complexity index is 657. The summed E-state index contributed by atoms with van der Waals surface area (Å²) < 4.78 is 11.6. The van der Waals surface area contributed by atoms with Crippen LogP contribution in [0.2, 0.25) is 0 Å². The number of carbonyl (C=O) groups excluding carboxylic acids is 1. The van der Waals surface area contributed by atoms with Gasteiger partial charge in [0.1, 0.15) is 18.5 Å². The third-order valence-electron chi connectivity index (χ3n) is 3.97. The van der Waals surface area contributed by atoms with Gasteiger partial charge >= 0.3 is 0 Å². The van der Waals surface area contributed by atoms with E-state index in [1.807, 2.05) is 66.4 Å². The first-order valence-corrected chi connectivity index (χ1v) is 7.88. The molecule has 120 valence electrons. The Morgan fingerprint density at radius 2 is 1.91 bits per heavy atom. The van der Waals surface area contributed by atoms with E-state index in [2.05, 4.69) is 0 Å². The summed E-state index contributed by atoms with van der Waals surface area (Å²) in [6, 6.07) is 17.3. The molecule has 0 unspecified atom stereocenters. The molecule has 1 aliphatic heterocycles. The van der Waals surface area contributed by atoms with Crippen LogP contribution in [0.1, 0.15) is 15.9 Å². The topological polar surface area (TPSA) is 38.8 Å². The number of benzene rings is 2. The number of nitrogens with zero attached hydrogens (tertiary/aromatic N) is 1. The molecular weight excluding hydrogens is 290 g/mol. The van der Waals surface area contributed by atoms with E-state index in [4.69, 9.17) is 9.47 Å². The smallest absolute Gasteiger partial charge is 0.254 e. The molecule has 0 bridgehead atoms. The molecule has 1 aliphatic rings. The Kier molecular flexibility index (Phi) is 4.93. The van der Waals surface area contributed by atoms with Crippen molar-refractivity contribution in [2.24, 2.45) is 0 Å². The van der Waals surface area contributed by atoms with Gasteiger partial charge in [-0.05, 0) is 30.7 Å². The van der Waals surface area contributed by atoms with Gasteiger partial charge in [0, 0.05) is 12.1 Å². The van der Waals surface area contributed by atoms with Gasteiger partial charge in [0.05, 0.1) is 13.2 Å². The fraction of sp³-hybridized carbons (Fsp3) is 0.316. The summed E-state index contributed by atoms with van der Waals surface area (Å²) in [7, 11) is 0. The monoisotopic (exact) mass is 311 g/mol. The Labute approximate surface area is 136 Å². The van der Waals surface area contributed by atoms with Crippen molar-refractivity contribution < 1.29 is 14.3 Å². The average molecular weight is 311 g/mol. The second-order valence-electron chi connectivity index (χ2n) is 5.69. The second-order valence-corrected chi connectivity index (χ2v) is 5.69. The fourth-order valence-electron chi connectivity index (χ4n) is 2.67. The number of morpholine rings is 1. The van der Waals surface area contributed by atoms with Crippen molar-refractivity contribution >= 4 is 5.91 Å². The minimum Gasteiger partial charge on any atom is -0.491 e. The largest absolute Gasteiger partial charge is 0.491 e. The van der Waals surface area contributed by atoms with Crippen LogP contribution < -0.4 is 4.74 Å². The quantitative estimate of drug-likeness (QED) is 0.871. The molecule has 1 atom stereocenters. The van der Waals surface area contributed by atoms with Gasteiger partial charge < -0.3 is 14.4 Å². The van der Waals surface area contributed by atoms with E-state index in [0.29, 0.717) is 31.9 Å². The summed E-state index contributed by atoms with van der Waals surface area (Å²) >= 11 is 0. The fourth-order valence-corrected chi connectivity index (χ4v) is 2.67. The standard InChI is InChI=1S/C19H21NO3/c1-15-7-5-6-10-18(15)23-14-17-13-20(11-12-22-17)19(21)16-8-3-2-4-9-16/h2-10,17H,11-14H2,1H3/t17-/m0/s1. The Morgan fingerprint density at radius 3 is 2.70 bits per heavy atom. The highest BCUT2D eigenvalue weighted by molar-refractivity contribution is 5.94. The van der Waals surface area contributed by atoms with Crippen molar-refractivity contribution in [3.63, 3.8) is 0 Å². The molecule has 4 heteroatoms. The first-order valence-electron chi connectivity index (χ1n) is 7.88. The molecule has 0 aromatic heterocycles. The molecule has 2 aromatic rings. The van der Waals surface area contributed by atoms with Gasteiger partial charge in [-0.2, -0.15) is 0 Å². The van der Waals surface area contributed by atoms with E-state index in [-0.39, 0.29) is 12.0 Å². The Hall–Kier alpha value is -2.33. The predicted octanol–water partition coefficient (Wildman–Crippen LogP) is 2.92. The van der Waals surface area contributed by atoms with Gasteiger partial charge in [0.15, 0.2) is 0 Å². The van der Waals surface area contributed by atoms with Crippen molar-refractivity contribution in [1.29, 1.82) is 0 Å². The number of amides is 1. The van der Waals surface area contributed by atoms with Crippen molar-refractivity contribution in [2.75, 3.05) is 26.3 Å². The summed E-state index contributed by atoms with van der Waals surface area (Å²) in [5.41, 5.74) is 1.81. The SMILES string of the molecule is Cc1ccccc1OC[C@@H]1CN(C(=O)c2ccccc2)CCO1. The summed E-state index contributed by atoms with van der Waals surface area (Å²) in [6.07, 6.45) is -0.101. The normalized spacial score (nSPS) is 17.8. The minimum absolute atomic E-state index is 0.0507. The number of para-hydroxylation sites is 1. The van der Waals surface area contributed by atoms with Crippen molar-refractivity contribution in [3.05, 3.63) is 65.7 Å². The molecule has 0 aliphatic carbocycles. The van der Waals surface area contributed by atoms with E-state index >= 15 is 0 Å². The van der Waals surface area contributed by atoms with Crippen LogP contribution in [-0.2, 0) is 4.74 Å². The van der Waals surface area contributed by atoms with Gasteiger partial charge in [-0.1, -0.05) is 36.4 Å². The van der Waals surface area contributed by atoms with Crippen LogP contribution in [0.3, 0.4) is 0 Å². The maximum atomic E-state index is 12.5. The molecule has 23 heavy (non-hydrogen) atoms. The number of rotatable bonds is 4. The van der Waals surface area contributed by atoms with Crippen LogP contribution in [0.25, 0.3) is 0 Å².